The van der Waals surface area contributed by atoms with Crippen LogP contribution >= 0.6 is 11.3 Å². The molecule has 1 aliphatic heterocycles. The van der Waals surface area contributed by atoms with Gasteiger partial charge in [-0.15, -0.1) is 11.3 Å². The van der Waals surface area contributed by atoms with Crippen LogP contribution in [0.2, 0.25) is 0 Å². The third-order valence-corrected chi connectivity index (χ3v) is 4.38. The number of hydrogen-bond acceptors (Lipinski definition) is 4. The second-order valence-corrected chi connectivity index (χ2v) is 6.26. The zero-order valence-electron chi connectivity index (χ0n) is 11.6. The van der Waals surface area contributed by atoms with Crippen LogP contribution in [0.3, 0.4) is 0 Å². The number of anilines is 2. The van der Waals surface area contributed by atoms with E-state index in [2.05, 4.69) is 6.07 Å². The van der Waals surface area contributed by atoms with Crippen molar-refractivity contribution in [2.45, 2.75) is 20.0 Å². The van der Waals surface area contributed by atoms with E-state index in [1.165, 1.54) is 4.88 Å². The van der Waals surface area contributed by atoms with Crippen molar-refractivity contribution in [1.29, 1.82) is 0 Å². The summed E-state index contributed by atoms with van der Waals surface area (Å²) in [5.41, 5.74) is 8.84. The van der Waals surface area contributed by atoms with E-state index in [1.54, 1.807) is 30.2 Å². The van der Waals surface area contributed by atoms with Crippen molar-refractivity contribution in [2.24, 2.45) is 0 Å². The first-order valence-corrected chi connectivity index (χ1v) is 7.23. The number of aryl methyl sites for hydroxylation is 1. The lowest BCUT2D eigenvalue weighted by molar-refractivity contribution is -0.125. The second-order valence-electron chi connectivity index (χ2n) is 4.97. The molecule has 1 unspecified atom stereocenters. The summed E-state index contributed by atoms with van der Waals surface area (Å²) in [6.45, 7) is 3.79. The number of nitrogen functional groups attached to an aromatic ring is 1. The number of likely N-dealkylation sites (N-methyl/N-ethyl adjacent to an activating group) is 1. The van der Waals surface area contributed by atoms with Gasteiger partial charge in [0.1, 0.15) is 5.75 Å². The molecule has 0 radical (unpaired) electrons. The van der Waals surface area contributed by atoms with E-state index < -0.39 is 6.10 Å². The Morgan fingerprint density at radius 1 is 1.35 bits per heavy atom. The van der Waals surface area contributed by atoms with Crippen LogP contribution in [-0.4, -0.2) is 19.1 Å². The molecule has 2 N–H and O–H groups in total. The van der Waals surface area contributed by atoms with E-state index in [0.717, 1.165) is 27.6 Å². The summed E-state index contributed by atoms with van der Waals surface area (Å²) in [7, 11) is 1.77. The monoisotopic (exact) mass is 288 g/mol. The van der Waals surface area contributed by atoms with Gasteiger partial charge in [-0.3, -0.25) is 4.79 Å². The number of fused-ring (bicyclic) bond motifs is 1. The maximum Gasteiger partial charge on any atom is 0.267 e. The van der Waals surface area contributed by atoms with Crippen molar-refractivity contribution >= 4 is 27.9 Å². The summed E-state index contributed by atoms with van der Waals surface area (Å²) in [5.74, 6) is 0.693. The highest BCUT2D eigenvalue weighted by Gasteiger charge is 2.29. The van der Waals surface area contributed by atoms with Gasteiger partial charge in [0.25, 0.3) is 5.91 Å². The topological polar surface area (TPSA) is 55.6 Å². The molecule has 104 valence electrons. The minimum absolute atomic E-state index is 0.0379. The number of amides is 1. The molecule has 5 heteroatoms. The summed E-state index contributed by atoms with van der Waals surface area (Å²) in [5, 5.41) is 0.793. The predicted octanol–water partition coefficient (Wildman–Crippen LogP) is 3.05. The number of benzene rings is 1. The van der Waals surface area contributed by atoms with Gasteiger partial charge in [-0.2, -0.15) is 0 Å². The Morgan fingerprint density at radius 2 is 2.10 bits per heavy atom. The Morgan fingerprint density at radius 3 is 2.75 bits per heavy atom. The summed E-state index contributed by atoms with van der Waals surface area (Å²) in [6.07, 6.45) is -0.438. The SMILES string of the molecule is Cc1cc(-c2ccc3c(c2)N(C)C(=O)C(C)O3)c(N)s1. The quantitative estimate of drug-likeness (QED) is 0.877. The Bertz CT molecular complexity index is 693. The zero-order valence-corrected chi connectivity index (χ0v) is 12.5. The molecular formula is C15H16N2O2S. The number of rotatable bonds is 1. The van der Waals surface area contributed by atoms with Crippen LogP contribution in [0, 0.1) is 6.92 Å². The average molecular weight is 288 g/mol. The molecule has 0 saturated carbocycles. The van der Waals surface area contributed by atoms with Crippen LogP contribution < -0.4 is 15.4 Å². The van der Waals surface area contributed by atoms with Gasteiger partial charge in [0.05, 0.1) is 10.7 Å². The van der Waals surface area contributed by atoms with E-state index in [0.29, 0.717) is 0 Å². The number of carbonyl (C=O) groups excluding carboxylic acids is 1. The van der Waals surface area contributed by atoms with Crippen LogP contribution in [0.15, 0.2) is 24.3 Å². The standard InChI is InChI=1S/C15H16N2O2S/c1-8-6-11(14(16)20-8)10-4-5-13-12(7-10)17(3)15(18)9(2)19-13/h4-7,9H,16H2,1-3H3. The maximum atomic E-state index is 12.0. The van der Waals surface area contributed by atoms with E-state index in [9.17, 15) is 4.79 Å². The first kappa shape index (κ1) is 13.0. The minimum Gasteiger partial charge on any atom is -0.479 e. The average Bonchev–Trinajstić information content (AvgIpc) is 2.75. The summed E-state index contributed by atoms with van der Waals surface area (Å²) in [4.78, 5) is 14.8. The van der Waals surface area contributed by atoms with E-state index >= 15 is 0 Å². The highest BCUT2D eigenvalue weighted by Crippen LogP contribution is 2.40. The van der Waals surface area contributed by atoms with Gasteiger partial charge in [0.15, 0.2) is 6.10 Å². The molecule has 0 bridgehead atoms. The third kappa shape index (κ3) is 1.94. The Labute approximate surface area is 121 Å². The van der Waals surface area contributed by atoms with Gasteiger partial charge in [0.2, 0.25) is 0 Å². The summed E-state index contributed by atoms with van der Waals surface area (Å²) < 4.78 is 5.62. The van der Waals surface area contributed by atoms with Crippen molar-refractivity contribution in [2.75, 3.05) is 17.7 Å². The molecule has 0 fully saturated rings. The number of nitrogens with zero attached hydrogens (tertiary/aromatic N) is 1. The molecule has 0 aliphatic carbocycles. The lowest BCUT2D eigenvalue weighted by Crippen LogP contribution is -2.41. The highest BCUT2D eigenvalue weighted by molar-refractivity contribution is 7.16. The fourth-order valence-electron chi connectivity index (χ4n) is 2.44. The number of thiophene rings is 1. The lowest BCUT2D eigenvalue weighted by atomic mass is 10.1. The summed E-state index contributed by atoms with van der Waals surface area (Å²) >= 11 is 1.57. The van der Waals surface area contributed by atoms with Gasteiger partial charge in [-0.1, -0.05) is 6.07 Å². The molecule has 1 amide bonds. The molecule has 1 atom stereocenters. The molecule has 20 heavy (non-hydrogen) atoms. The third-order valence-electron chi connectivity index (χ3n) is 3.50. The Balaban J connectivity index is 2.10. The fourth-order valence-corrected chi connectivity index (χ4v) is 3.25. The van der Waals surface area contributed by atoms with Gasteiger partial charge in [-0.05, 0) is 37.6 Å². The molecule has 1 aromatic heterocycles. The van der Waals surface area contributed by atoms with E-state index in [-0.39, 0.29) is 5.91 Å². The van der Waals surface area contributed by atoms with Crippen LogP contribution in [0.1, 0.15) is 11.8 Å². The molecule has 4 nitrogen and oxygen atoms in total. The van der Waals surface area contributed by atoms with Crippen molar-refractivity contribution in [1.82, 2.24) is 0 Å². The molecule has 1 aromatic carbocycles. The van der Waals surface area contributed by atoms with Crippen LogP contribution in [0.25, 0.3) is 11.1 Å². The first-order valence-electron chi connectivity index (χ1n) is 6.42. The summed E-state index contributed by atoms with van der Waals surface area (Å²) in [6, 6.07) is 7.90. The van der Waals surface area contributed by atoms with Crippen molar-refractivity contribution < 1.29 is 9.53 Å². The van der Waals surface area contributed by atoms with Crippen molar-refractivity contribution in [3.8, 4) is 16.9 Å². The Kier molecular flexibility index (Phi) is 2.94. The molecule has 2 aromatic rings. The number of nitrogens with two attached hydrogens (primary N) is 1. The fraction of sp³-hybridized carbons (Fsp3) is 0.267. The first-order chi connectivity index (χ1) is 9.47. The van der Waals surface area contributed by atoms with Crippen LogP contribution in [0.5, 0.6) is 5.75 Å². The van der Waals surface area contributed by atoms with E-state index in [4.69, 9.17) is 10.5 Å². The highest BCUT2D eigenvalue weighted by atomic mass is 32.1. The van der Waals surface area contributed by atoms with Crippen LogP contribution in [0.4, 0.5) is 10.7 Å². The maximum absolute atomic E-state index is 12.0. The minimum atomic E-state index is -0.438. The molecule has 0 spiro atoms. The molecule has 0 saturated heterocycles. The van der Waals surface area contributed by atoms with Gasteiger partial charge < -0.3 is 15.4 Å². The van der Waals surface area contributed by atoms with Crippen molar-refractivity contribution in [3.05, 3.63) is 29.1 Å². The molecular weight excluding hydrogens is 272 g/mol. The van der Waals surface area contributed by atoms with Crippen molar-refractivity contribution in [3.63, 3.8) is 0 Å². The second kappa shape index (κ2) is 4.52. The van der Waals surface area contributed by atoms with E-state index in [1.807, 2.05) is 25.1 Å². The van der Waals surface area contributed by atoms with Gasteiger partial charge in [0, 0.05) is 17.5 Å². The molecule has 1 aliphatic rings. The number of ether oxygens (including phenoxy) is 1. The smallest absolute Gasteiger partial charge is 0.267 e. The predicted molar refractivity (Wildman–Crippen MR) is 82.4 cm³/mol. The lowest BCUT2D eigenvalue weighted by Gasteiger charge is -2.30. The molecule has 2 heterocycles. The Hall–Kier alpha value is -2.01. The zero-order chi connectivity index (χ0) is 14.4. The van der Waals surface area contributed by atoms with Gasteiger partial charge in [-0.25, -0.2) is 0 Å². The largest absolute Gasteiger partial charge is 0.479 e. The normalized spacial score (nSPS) is 17.9. The number of carbonyl (C=O) groups is 1. The molecule has 3 rings (SSSR count). The number of hydrogen-bond donors (Lipinski definition) is 1. The van der Waals surface area contributed by atoms with Crippen LogP contribution in [-0.2, 0) is 4.79 Å². The van der Waals surface area contributed by atoms with Gasteiger partial charge >= 0.3 is 0 Å².